The number of para-hydroxylation sites is 1. The van der Waals surface area contributed by atoms with Crippen LogP contribution in [0.5, 0.6) is 0 Å². The summed E-state index contributed by atoms with van der Waals surface area (Å²) in [4.78, 5) is 56.7. The third-order valence-electron chi connectivity index (χ3n) is 11.5. The lowest BCUT2D eigenvalue weighted by molar-refractivity contribution is -0.385. The van der Waals surface area contributed by atoms with Crippen molar-refractivity contribution in [2.75, 3.05) is 11.5 Å². The van der Waals surface area contributed by atoms with Gasteiger partial charge in [0.15, 0.2) is 5.60 Å². The zero-order chi connectivity index (χ0) is 38.1. The van der Waals surface area contributed by atoms with E-state index < -0.39 is 48.4 Å². The van der Waals surface area contributed by atoms with Gasteiger partial charge in [0.25, 0.3) is 17.2 Å². The third-order valence-corrected chi connectivity index (χ3v) is 14.0. The minimum Gasteiger partial charge on any atom is -0.394 e. The fourth-order valence-corrected chi connectivity index (χ4v) is 11.5. The Kier molecular flexibility index (Phi) is 8.66. The molecular weight excluding hydrogens is 710 g/mol. The second-order valence-corrected chi connectivity index (χ2v) is 18.9. The van der Waals surface area contributed by atoms with Crippen molar-refractivity contribution in [3.63, 3.8) is 0 Å². The van der Waals surface area contributed by atoms with Gasteiger partial charge in [0, 0.05) is 35.7 Å². The molecule has 2 amide bonds. The van der Waals surface area contributed by atoms with Gasteiger partial charge in [0.05, 0.1) is 58.9 Å². The molecule has 12 nitrogen and oxygen atoms in total. The maximum Gasteiger partial charge on any atom is 0.279 e. The minimum absolute atomic E-state index is 0.0689. The first-order valence-electron chi connectivity index (χ1n) is 18.1. The number of hydrogen-bond donors (Lipinski definition) is 2. The Balaban J connectivity index is 1.13. The summed E-state index contributed by atoms with van der Waals surface area (Å²) in [5, 5.41) is 26.0. The van der Waals surface area contributed by atoms with E-state index in [9.17, 15) is 29.6 Å². The number of nitrogens with zero attached hydrogens (tertiary/aromatic N) is 4. The van der Waals surface area contributed by atoms with E-state index in [0.29, 0.717) is 34.3 Å². The van der Waals surface area contributed by atoms with Crippen LogP contribution in [0.4, 0.5) is 15.5 Å². The summed E-state index contributed by atoms with van der Waals surface area (Å²) in [6, 6.07) is 25.8. The molecule has 5 aromatic rings. The molecule has 0 aliphatic carbocycles. The van der Waals surface area contributed by atoms with E-state index in [-0.39, 0.29) is 48.8 Å². The number of hydrogen-bond acceptors (Lipinski definition) is 7. The number of benzene rings is 4. The molecule has 0 saturated carbocycles. The summed E-state index contributed by atoms with van der Waals surface area (Å²) < 4.78 is 24.7. The Morgan fingerprint density at radius 3 is 2.43 bits per heavy atom. The van der Waals surface area contributed by atoms with Crippen LogP contribution in [-0.2, 0) is 39.4 Å². The van der Waals surface area contributed by atoms with Crippen LogP contribution < -0.4 is 10.5 Å². The molecule has 2 N–H and O–H groups in total. The molecule has 1 fully saturated rings. The second-order valence-electron chi connectivity index (χ2n) is 15.1. The minimum atomic E-state index is -3.66. The van der Waals surface area contributed by atoms with E-state index in [1.165, 1.54) is 40.9 Å². The van der Waals surface area contributed by atoms with Crippen molar-refractivity contribution in [3.05, 3.63) is 134 Å². The quantitative estimate of drug-likeness (QED) is 0.0870. The predicted molar refractivity (Wildman–Crippen MR) is 202 cm³/mol. The molecule has 0 unspecified atom stereocenters. The Bertz CT molecular complexity index is 2370. The first kappa shape index (κ1) is 35.6. The number of amides is 2. The van der Waals surface area contributed by atoms with Crippen molar-refractivity contribution in [2.45, 2.75) is 69.2 Å². The van der Waals surface area contributed by atoms with Gasteiger partial charge in [-0.05, 0) is 66.5 Å². The van der Waals surface area contributed by atoms with Crippen LogP contribution in [0.1, 0.15) is 35.6 Å². The number of fused-ring (bicyclic) bond motifs is 4. The number of aromatic nitrogens is 2. The van der Waals surface area contributed by atoms with Gasteiger partial charge in [-0.1, -0.05) is 55.5 Å². The number of nitro groups is 1. The molecule has 0 radical (unpaired) electrons. The van der Waals surface area contributed by atoms with E-state index in [2.05, 4.69) is 5.10 Å². The standard InChI is InChI=1S/C40H40FN5O7Si/c1-24-37(54(2,3)41)35(20-36(48)43-22-27-9-5-4-8-26(27)18-30(43)23-47)53-40(24)32-19-29(46(51)52)16-17-34(32)44(39(40)50)21-25-12-14-28(15-13-25)45-38(49)31-10-6-7-11-33(31)42-45/h4-17,19,24,30,35,37,42,47H,18,20-23H2,1-3H3/t24-,30+,35+,37-,40+/m1/s1. The Hall–Kier alpha value is -5.44. The number of non-ortho nitro benzene ring substituents is 1. The lowest BCUT2D eigenvalue weighted by Gasteiger charge is -2.37. The lowest BCUT2D eigenvalue weighted by atomic mass is 9.82. The summed E-state index contributed by atoms with van der Waals surface area (Å²) in [6.07, 6.45) is -0.747. The number of nitro benzene ring substituents is 1. The number of aliphatic hydroxyl groups excluding tert-OH is 1. The van der Waals surface area contributed by atoms with E-state index in [4.69, 9.17) is 4.74 Å². The van der Waals surface area contributed by atoms with Gasteiger partial charge >= 0.3 is 0 Å². The van der Waals surface area contributed by atoms with E-state index in [1.807, 2.05) is 36.4 Å². The zero-order valence-corrected chi connectivity index (χ0v) is 31.1. The monoisotopic (exact) mass is 749 g/mol. The zero-order valence-electron chi connectivity index (χ0n) is 30.1. The first-order chi connectivity index (χ1) is 25.8. The Morgan fingerprint density at radius 1 is 1.04 bits per heavy atom. The highest BCUT2D eigenvalue weighted by Gasteiger charge is 2.67. The van der Waals surface area contributed by atoms with Crippen molar-refractivity contribution in [3.8, 4) is 5.69 Å². The largest absolute Gasteiger partial charge is 0.394 e. The fraction of sp³-hybridized carbons (Fsp3) is 0.325. The molecule has 4 aromatic carbocycles. The molecule has 14 heteroatoms. The van der Waals surface area contributed by atoms with Gasteiger partial charge in [0.1, 0.15) is 0 Å². The number of aromatic amines is 1. The molecule has 3 aliphatic rings. The summed E-state index contributed by atoms with van der Waals surface area (Å²) in [6.45, 7) is 4.92. The van der Waals surface area contributed by atoms with Gasteiger partial charge in [-0.15, -0.1) is 0 Å². The summed E-state index contributed by atoms with van der Waals surface area (Å²) >= 11 is 0. The topological polar surface area (TPSA) is 151 Å². The van der Waals surface area contributed by atoms with Crippen LogP contribution in [0, 0.1) is 16.0 Å². The Labute approximate surface area is 311 Å². The average molecular weight is 750 g/mol. The molecule has 278 valence electrons. The number of nitrogens with one attached hydrogen (secondary N) is 1. The van der Waals surface area contributed by atoms with Gasteiger partial charge in [-0.25, -0.2) is 4.68 Å². The summed E-state index contributed by atoms with van der Waals surface area (Å²) in [7, 11) is -3.66. The van der Waals surface area contributed by atoms with Crippen molar-refractivity contribution in [2.24, 2.45) is 5.92 Å². The number of halogens is 1. The SMILES string of the molecule is C[C@@H]1[C@@H]([Si](C)(C)F)[C@H](CC(=O)N2Cc3ccccc3C[C@H]2CO)O[C@@]12C(=O)N(Cc1ccc(-n3[nH]c4ccccc4c3=O)cc1)c1ccc([N+](=O)[O-])cc12. The molecule has 8 rings (SSSR count). The maximum atomic E-state index is 16.5. The predicted octanol–water partition coefficient (Wildman–Crippen LogP) is 5.88. The highest BCUT2D eigenvalue weighted by molar-refractivity contribution is 6.72. The number of aliphatic hydroxyl groups is 1. The van der Waals surface area contributed by atoms with E-state index in [1.54, 1.807) is 48.2 Å². The molecule has 3 aliphatic heterocycles. The molecule has 1 aromatic heterocycles. The van der Waals surface area contributed by atoms with Crippen molar-refractivity contribution >= 4 is 42.5 Å². The van der Waals surface area contributed by atoms with Crippen LogP contribution in [0.2, 0.25) is 18.6 Å². The van der Waals surface area contributed by atoms with Crippen LogP contribution >= 0.6 is 0 Å². The average Bonchev–Trinajstić information content (AvgIpc) is 3.74. The number of rotatable bonds is 8. The van der Waals surface area contributed by atoms with Crippen LogP contribution in [0.3, 0.4) is 0 Å². The molecule has 5 atom stereocenters. The molecule has 0 bridgehead atoms. The normalized spacial score (nSPS) is 23.6. The molecule has 1 spiro atoms. The Morgan fingerprint density at radius 2 is 1.74 bits per heavy atom. The summed E-state index contributed by atoms with van der Waals surface area (Å²) in [5.74, 6) is -1.58. The van der Waals surface area contributed by atoms with Crippen LogP contribution in [0.15, 0.2) is 95.8 Å². The highest BCUT2D eigenvalue weighted by Crippen LogP contribution is 2.60. The van der Waals surface area contributed by atoms with E-state index >= 15 is 4.11 Å². The van der Waals surface area contributed by atoms with Crippen LogP contribution in [0.25, 0.3) is 16.6 Å². The number of carbonyl (C=O) groups is 2. The van der Waals surface area contributed by atoms with Crippen molar-refractivity contribution in [1.82, 2.24) is 14.7 Å². The molecule has 4 heterocycles. The van der Waals surface area contributed by atoms with Crippen molar-refractivity contribution in [1.29, 1.82) is 0 Å². The number of ether oxygens (including phenoxy) is 1. The smallest absolute Gasteiger partial charge is 0.279 e. The van der Waals surface area contributed by atoms with Gasteiger partial charge in [-0.3, -0.25) is 29.6 Å². The molecule has 54 heavy (non-hydrogen) atoms. The molecular formula is C40H40FN5O7Si. The second kappa shape index (κ2) is 13.1. The van der Waals surface area contributed by atoms with Gasteiger partial charge in [0.2, 0.25) is 14.3 Å². The highest BCUT2D eigenvalue weighted by atomic mass is 28.4. The van der Waals surface area contributed by atoms with Gasteiger partial charge in [-0.2, -0.15) is 0 Å². The number of anilines is 1. The van der Waals surface area contributed by atoms with Crippen molar-refractivity contribution < 1.29 is 28.5 Å². The van der Waals surface area contributed by atoms with Gasteiger partial charge < -0.3 is 23.8 Å². The molecule has 1 saturated heterocycles. The maximum absolute atomic E-state index is 16.5. The van der Waals surface area contributed by atoms with Crippen LogP contribution in [-0.4, -0.2) is 63.7 Å². The lowest BCUT2D eigenvalue weighted by Crippen LogP contribution is -2.48. The third kappa shape index (κ3) is 5.67. The number of H-pyrrole nitrogens is 1. The first-order valence-corrected chi connectivity index (χ1v) is 21.0. The fourth-order valence-electron chi connectivity index (χ4n) is 9.01. The summed E-state index contributed by atoms with van der Waals surface area (Å²) in [5.41, 5.74) is 1.68. The number of carbonyl (C=O) groups excluding carboxylic acids is 2. The van der Waals surface area contributed by atoms with E-state index in [0.717, 1.165) is 11.1 Å².